The molecule has 1 aromatic heterocycles. The molecule has 0 saturated carbocycles. The molecule has 2 saturated heterocycles. The van der Waals surface area contributed by atoms with Gasteiger partial charge >= 0.3 is 12.1 Å². The number of benzene rings is 1. The van der Waals surface area contributed by atoms with Gasteiger partial charge in [0.1, 0.15) is 5.76 Å². The molecule has 0 radical (unpaired) electrons. The van der Waals surface area contributed by atoms with Crippen LogP contribution in [0.1, 0.15) is 63.5 Å². The van der Waals surface area contributed by atoms with E-state index in [1.54, 1.807) is 4.90 Å². The summed E-state index contributed by atoms with van der Waals surface area (Å²) < 4.78 is 22.4. The first-order chi connectivity index (χ1) is 17.1. The zero-order valence-corrected chi connectivity index (χ0v) is 22.1. The van der Waals surface area contributed by atoms with Gasteiger partial charge in [0.25, 0.3) is 0 Å². The number of carbonyl (C=O) groups excluding carboxylic acids is 2. The van der Waals surface area contributed by atoms with E-state index in [0.29, 0.717) is 51.3 Å². The molecule has 0 bridgehead atoms. The predicted molar refractivity (Wildman–Crippen MR) is 135 cm³/mol. The molecule has 2 aliphatic rings. The molecule has 4 rings (SSSR count). The average Bonchev–Trinajstić information content (AvgIpc) is 3.51. The maximum Gasteiger partial charge on any atom is 0.409 e. The number of oxazole rings is 1. The van der Waals surface area contributed by atoms with Crippen LogP contribution in [0.2, 0.25) is 0 Å². The van der Waals surface area contributed by atoms with Gasteiger partial charge in [-0.05, 0) is 55.7 Å². The first-order valence-electron chi connectivity index (χ1n) is 12.9. The van der Waals surface area contributed by atoms with E-state index in [1.165, 1.54) is 12.7 Å². The number of hydrogen-bond donors (Lipinski definition) is 0. The molecule has 1 aromatic carbocycles. The molecule has 1 atom stereocenters. The zero-order valence-electron chi connectivity index (χ0n) is 22.1. The quantitative estimate of drug-likeness (QED) is 0.514. The number of piperidine rings is 1. The van der Waals surface area contributed by atoms with Crippen LogP contribution in [0.4, 0.5) is 4.79 Å². The van der Waals surface area contributed by atoms with Gasteiger partial charge in [-0.15, -0.1) is 0 Å². The van der Waals surface area contributed by atoms with E-state index in [2.05, 4.69) is 37.9 Å². The molecular weight excluding hydrogens is 460 g/mol. The van der Waals surface area contributed by atoms with Crippen LogP contribution in [0.3, 0.4) is 0 Å². The van der Waals surface area contributed by atoms with Gasteiger partial charge in [0.15, 0.2) is 5.60 Å². The van der Waals surface area contributed by atoms with Crippen molar-refractivity contribution in [3.8, 4) is 11.5 Å². The summed E-state index contributed by atoms with van der Waals surface area (Å²) in [4.78, 5) is 31.4. The Kier molecular flexibility index (Phi) is 7.73. The minimum atomic E-state index is -0.861. The van der Waals surface area contributed by atoms with Crippen LogP contribution >= 0.6 is 0 Å². The number of amides is 1. The van der Waals surface area contributed by atoms with Crippen molar-refractivity contribution in [3.05, 3.63) is 41.3 Å². The van der Waals surface area contributed by atoms with Crippen LogP contribution in [-0.2, 0) is 30.8 Å². The second-order valence-corrected chi connectivity index (χ2v) is 10.8. The number of hydrogen-bond acceptors (Lipinski definition) is 7. The number of esters is 1. The van der Waals surface area contributed by atoms with Crippen molar-refractivity contribution in [3.63, 3.8) is 0 Å². The Balaban J connectivity index is 1.27. The number of aromatic nitrogens is 1. The molecule has 8 nitrogen and oxygen atoms in total. The fourth-order valence-electron chi connectivity index (χ4n) is 5.23. The molecule has 8 heteroatoms. The third-order valence-electron chi connectivity index (χ3n) is 7.45. The van der Waals surface area contributed by atoms with Gasteiger partial charge in [-0.25, -0.2) is 14.6 Å². The highest BCUT2D eigenvalue weighted by Gasteiger charge is 2.51. The van der Waals surface area contributed by atoms with Gasteiger partial charge in [-0.1, -0.05) is 32.9 Å². The van der Waals surface area contributed by atoms with Gasteiger partial charge in [0, 0.05) is 37.6 Å². The lowest BCUT2D eigenvalue weighted by molar-refractivity contribution is -0.173. The molecule has 196 valence electrons. The van der Waals surface area contributed by atoms with Crippen LogP contribution in [-0.4, -0.2) is 61.0 Å². The van der Waals surface area contributed by atoms with Gasteiger partial charge < -0.3 is 23.5 Å². The molecule has 3 heterocycles. The van der Waals surface area contributed by atoms with Gasteiger partial charge in [-0.3, -0.25) is 0 Å². The monoisotopic (exact) mass is 498 g/mol. The molecule has 1 amide bonds. The van der Waals surface area contributed by atoms with E-state index in [9.17, 15) is 9.59 Å². The maximum absolute atomic E-state index is 12.6. The molecule has 2 aliphatic heterocycles. The smallest absolute Gasteiger partial charge is 0.409 e. The van der Waals surface area contributed by atoms with Crippen molar-refractivity contribution in [2.45, 2.75) is 70.8 Å². The lowest BCUT2D eigenvalue weighted by Gasteiger charge is -2.39. The van der Waals surface area contributed by atoms with Crippen molar-refractivity contribution < 1.29 is 28.2 Å². The summed E-state index contributed by atoms with van der Waals surface area (Å²) in [7, 11) is 1.40. The Hall–Kier alpha value is -2.87. The summed E-state index contributed by atoms with van der Waals surface area (Å²) >= 11 is 0. The van der Waals surface area contributed by atoms with Crippen molar-refractivity contribution in [1.29, 1.82) is 0 Å². The molecule has 0 N–H and O–H groups in total. The third-order valence-corrected chi connectivity index (χ3v) is 7.45. The van der Waals surface area contributed by atoms with E-state index in [0.717, 1.165) is 23.4 Å². The largest absolute Gasteiger partial charge is 0.467 e. The minimum absolute atomic E-state index is 0.0464. The molecule has 2 fully saturated rings. The van der Waals surface area contributed by atoms with Crippen LogP contribution in [0.5, 0.6) is 0 Å². The highest BCUT2D eigenvalue weighted by atomic mass is 16.6. The predicted octanol–water partition coefficient (Wildman–Crippen LogP) is 5.06. The molecule has 1 unspecified atom stereocenters. The Morgan fingerprint density at radius 1 is 1.17 bits per heavy atom. The normalized spacial score (nSPS) is 21.0. The second kappa shape index (κ2) is 10.6. The number of carbonyl (C=O) groups is 2. The number of likely N-dealkylation sites (tertiary alicyclic amines) is 1. The highest BCUT2D eigenvalue weighted by Crippen LogP contribution is 2.40. The number of nitrogens with zero attached hydrogens (tertiary/aromatic N) is 2. The van der Waals surface area contributed by atoms with Crippen molar-refractivity contribution in [2.24, 2.45) is 5.92 Å². The van der Waals surface area contributed by atoms with Crippen LogP contribution in [0, 0.1) is 12.8 Å². The van der Waals surface area contributed by atoms with Crippen molar-refractivity contribution in [2.75, 3.05) is 33.4 Å². The summed E-state index contributed by atoms with van der Waals surface area (Å²) in [6.45, 7) is 10.3. The van der Waals surface area contributed by atoms with E-state index < -0.39 is 5.60 Å². The molecular formula is C28H38N2O6. The van der Waals surface area contributed by atoms with Crippen molar-refractivity contribution in [1.82, 2.24) is 9.88 Å². The fourth-order valence-corrected chi connectivity index (χ4v) is 5.23. The Labute approximate surface area is 213 Å². The summed E-state index contributed by atoms with van der Waals surface area (Å²) in [5.41, 5.74) is 2.19. The molecule has 36 heavy (non-hydrogen) atoms. The lowest BCUT2D eigenvalue weighted by Crippen LogP contribution is -2.51. The van der Waals surface area contributed by atoms with Gasteiger partial charge in [-0.2, -0.15) is 0 Å². The summed E-state index contributed by atoms with van der Waals surface area (Å²) in [5, 5.41) is 0. The zero-order chi connectivity index (χ0) is 25.9. The summed E-state index contributed by atoms with van der Waals surface area (Å²) in [6.07, 6.45) is 3.04. The number of aryl methyl sites for hydroxylation is 1. The summed E-state index contributed by atoms with van der Waals surface area (Å²) in [5.74, 6) is 1.05. The average molecular weight is 499 g/mol. The minimum Gasteiger partial charge on any atom is -0.467 e. The van der Waals surface area contributed by atoms with Crippen molar-refractivity contribution >= 4 is 12.1 Å². The molecule has 0 spiro atoms. The Morgan fingerprint density at radius 2 is 1.86 bits per heavy atom. The highest BCUT2D eigenvalue weighted by molar-refractivity contribution is 5.80. The van der Waals surface area contributed by atoms with E-state index in [1.807, 2.05) is 19.1 Å². The first kappa shape index (κ1) is 26.2. The fraction of sp³-hybridized carbons (Fsp3) is 0.607. The van der Waals surface area contributed by atoms with Crippen LogP contribution in [0.15, 0.2) is 28.7 Å². The lowest BCUT2D eigenvalue weighted by atomic mass is 9.78. The van der Waals surface area contributed by atoms with Crippen LogP contribution in [0.25, 0.3) is 11.5 Å². The SMILES string of the molecule is COC(=O)C1(C2CCN(C(=O)OCCc3nc(-c4ccc(C(C)(C)C)cc4)oc3C)CC2)CCCO1. The first-order valence-corrected chi connectivity index (χ1v) is 12.9. The van der Waals surface area contributed by atoms with E-state index in [-0.39, 0.29) is 30.0 Å². The topological polar surface area (TPSA) is 91.1 Å². The van der Waals surface area contributed by atoms with E-state index >= 15 is 0 Å². The third kappa shape index (κ3) is 5.43. The standard InChI is InChI=1S/C28H38N2O6/c1-19-23(29-24(36-19)20-7-9-21(10-8-20)27(2,3)4)13-18-34-26(32)30-15-11-22(12-16-30)28(25(31)33-5)14-6-17-35-28/h7-10,22H,6,11-18H2,1-5H3. The van der Waals surface area contributed by atoms with E-state index in [4.69, 9.17) is 18.6 Å². The van der Waals surface area contributed by atoms with Crippen LogP contribution < -0.4 is 0 Å². The maximum atomic E-state index is 12.6. The number of ether oxygens (including phenoxy) is 3. The summed E-state index contributed by atoms with van der Waals surface area (Å²) in [6, 6.07) is 8.26. The molecule has 2 aromatic rings. The Morgan fingerprint density at radius 3 is 2.44 bits per heavy atom. The second-order valence-electron chi connectivity index (χ2n) is 10.8. The number of methoxy groups -OCH3 is 1. The Bertz CT molecular complexity index is 1050. The molecule has 0 aliphatic carbocycles. The van der Waals surface area contributed by atoms with Gasteiger partial charge in [0.2, 0.25) is 5.89 Å². The number of rotatable bonds is 6. The van der Waals surface area contributed by atoms with Gasteiger partial charge in [0.05, 0.1) is 19.4 Å².